The smallest absolute Gasteiger partial charge is 0.162 e. The average molecular weight is 345 g/mol. The van der Waals surface area contributed by atoms with Gasteiger partial charge in [-0.05, 0) is 36.2 Å². The molecule has 0 aliphatic rings. The van der Waals surface area contributed by atoms with Gasteiger partial charge < -0.3 is 19.8 Å². The van der Waals surface area contributed by atoms with Crippen LogP contribution in [-0.2, 0) is 13.0 Å². The van der Waals surface area contributed by atoms with Crippen LogP contribution in [0.1, 0.15) is 11.1 Å². The minimum absolute atomic E-state index is 0.644. The molecule has 0 spiro atoms. The molecule has 5 heteroatoms. The molecule has 24 heavy (non-hydrogen) atoms. The summed E-state index contributed by atoms with van der Waals surface area (Å²) in [4.78, 5) is 3.30. The zero-order valence-electron chi connectivity index (χ0n) is 13.9. The Morgan fingerprint density at radius 3 is 2.58 bits per heavy atom. The molecule has 0 saturated heterocycles. The van der Waals surface area contributed by atoms with Crippen molar-refractivity contribution in [3.05, 3.63) is 58.7 Å². The number of benzene rings is 2. The largest absolute Gasteiger partial charge is 0.493 e. The highest BCUT2D eigenvalue weighted by molar-refractivity contribution is 6.31. The lowest BCUT2D eigenvalue weighted by Crippen LogP contribution is -2.17. The lowest BCUT2D eigenvalue weighted by Gasteiger charge is -2.12. The molecular formula is C19H21ClN2O2. The van der Waals surface area contributed by atoms with Gasteiger partial charge in [-0.1, -0.05) is 29.8 Å². The molecule has 0 radical (unpaired) electrons. The Kier molecular flexibility index (Phi) is 5.28. The molecule has 126 valence electrons. The fraction of sp³-hybridized carbons (Fsp3) is 0.263. The quantitative estimate of drug-likeness (QED) is 0.632. The van der Waals surface area contributed by atoms with Crippen LogP contribution in [0.3, 0.4) is 0 Å². The van der Waals surface area contributed by atoms with Gasteiger partial charge in [0.2, 0.25) is 0 Å². The minimum atomic E-state index is 0.644. The maximum absolute atomic E-state index is 6.31. The summed E-state index contributed by atoms with van der Waals surface area (Å²) in [7, 11) is 3.23. The number of hydrogen-bond donors (Lipinski definition) is 2. The molecule has 1 heterocycles. The van der Waals surface area contributed by atoms with Crippen molar-refractivity contribution in [2.24, 2.45) is 0 Å². The summed E-state index contributed by atoms with van der Waals surface area (Å²) in [5, 5.41) is 5.39. The number of methoxy groups -OCH3 is 2. The zero-order valence-corrected chi connectivity index (χ0v) is 14.6. The number of ether oxygens (including phenoxy) is 2. The fourth-order valence-corrected chi connectivity index (χ4v) is 3.04. The summed E-state index contributed by atoms with van der Waals surface area (Å²) in [6.45, 7) is 1.55. The van der Waals surface area contributed by atoms with E-state index >= 15 is 0 Å². The molecule has 0 atom stereocenters. The summed E-state index contributed by atoms with van der Waals surface area (Å²) in [5.41, 5.74) is 3.49. The van der Waals surface area contributed by atoms with Crippen LogP contribution < -0.4 is 14.8 Å². The number of halogens is 1. The van der Waals surface area contributed by atoms with Gasteiger partial charge in [-0.3, -0.25) is 0 Å². The maximum Gasteiger partial charge on any atom is 0.162 e. The molecule has 0 unspecified atom stereocenters. The molecule has 3 aromatic rings. The van der Waals surface area contributed by atoms with Gasteiger partial charge in [-0.2, -0.15) is 0 Å². The SMILES string of the molecule is COc1cc(Cl)c(CNCCc2c[nH]c3ccccc23)cc1OC. The van der Waals surface area contributed by atoms with Crippen molar-refractivity contribution < 1.29 is 9.47 Å². The standard InChI is InChI=1S/C19H21ClN2O2/c1-23-18-9-14(16(20)10-19(18)24-2)11-21-8-7-13-12-22-17-6-4-3-5-15(13)17/h3-6,9-10,12,21-22H,7-8,11H2,1-2H3. The Hall–Kier alpha value is -2.17. The lowest BCUT2D eigenvalue weighted by molar-refractivity contribution is 0.354. The number of H-pyrrole nitrogens is 1. The Morgan fingerprint density at radius 1 is 1.04 bits per heavy atom. The normalized spacial score (nSPS) is 11.0. The average Bonchev–Trinajstić information content (AvgIpc) is 3.02. The van der Waals surface area contributed by atoms with Crippen LogP contribution >= 0.6 is 11.6 Å². The molecule has 3 rings (SSSR count). The van der Waals surface area contributed by atoms with E-state index in [0.29, 0.717) is 23.1 Å². The molecule has 0 amide bonds. The Bertz CT molecular complexity index is 829. The van der Waals surface area contributed by atoms with E-state index in [-0.39, 0.29) is 0 Å². The van der Waals surface area contributed by atoms with Gasteiger partial charge >= 0.3 is 0 Å². The lowest BCUT2D eigenvalue weighted by atomic mass is 10.1. The van der Waals surface area contributed by atoms with E-state index in [4.69, 9.17) is 21.1 Å². The van der Waals surface area contributed by atoms with Crippen LogP contribution in [0.2, 0.25) is 5.02 Å². The first kappa shape index (κ1) is 16.7. The third kappa shape index (κ3) is 3.50. The van der Waals surface area contributed by atoms with Crippen molar-refractivity contribution in [2.75, 3.05) is 20.8 Å². The number of fused-ring (bicyclic) bond motifs is 1. The van der Waals surface area contributed by atoms with Crippen molar-refractivity contribution in [3.63, 3.8) is 0 Å². The van der Waals surface area contributed by atoms with Crippen molar-refractivity contribution in [2.45, 2.75) is 13.0 Å². The second-order valence-corrected chi connectivity index (χ2v) is 5.99. The first-order valence-electron chi connectivity index (χ1n) is 7.89. The van der Waals surface area contributed by atoms with Crippen LogP contribution in [0.25, 0.3) is 10.9 Å². The molecule has 0 aliphatic heterocycles. The van der Waals surface area contributed by atoms with Crippen molar-refractivity contribution in [1.82, 2.24) is 10.3 Å². The molecule has 4 nitrogen and oxygen atoms in total. The second-order valence-electron chi connectivity index (χ2n) is 5.58. The Morgan fingerprint density at radius 2 is 1.79 bits per heavy atom. The zero-order chi connectivity index (χ0) is 16.9. The number of hydrogen-bond acceptors (Lipinski definition) is 3. The summed E-state index contributed by atoms with van der Waals surface area (Å²) >= 11 is 6.31. The number of rotatable bonds is 7. The third-order valence-electron chi connectivity index (χ3n) is 4.11. The highest BCUT2D eigenvalue weighted by Gasteiger charge is 2.09. The molecule has 2 N–H and O–H groups in total. The first-order chi connectivity index (χ1) is 11.7. The van der Waals surface area contributed by atoms with Crippen LogP contribution in [0, 0.1) is 0 Å². The van der Waals surface area contributed by atoms with E-state index in [9.17, 15) is 0 Å². The van der Waals surface area contributed by atoms with Crippen LogP contribution in [0.4, 0.5) is 0 Å². The minimum Gasteiger partial charge on any atom is -0.493 e. The molecule has 0 saturated carbocycles. The highest BCUT2D eigenvalue weighted by Crippen LogP contribution is 2.33. The number of aromatic amines is 1. The molecule has 2 aromatic carbocycles. The fourth-order valence-electron chi connectivity index (χ4n) is 2.82. The number of para-hydroxylation sites is 1. The van der Waals surface area contributed by atoms with Crippen molar-refractivity contribution in [3.8, 4) is 11.5 Å². The second kappa shape index (κ2) is 7.60. The summed E-state index contributed by atoms with van der Waals surface area (Å²) in [6, 6.07) is 12.1. The van der Waals surface area contributed by atoms with E-state index < -0.39 is 0 Å². The number of aromatic nitrogens is 1. The summed E-state index contributed by atoms with van der Waals surface area (Å²) < 4.78 is 10.6. The van der Waals surface area contributed by atoms with E-state index in [2.05, 4.69) is 34.7 Å². The van der Waals surface area contributed by atoms with Gasteiger partial charge in [-0.15, -0.1) is 0 Å². The van der Waals surface area contributed by atoms with Crippen LogP contribution in [-0.4, -0.2) is 25.7 Å². The van der Waals surface area contributed by atoms with E-state index in [1.165, 1.54) is 16.5 Å². The maximum atomic E-state index is 6.31. The molecule has 0 fully saturated rings. The Balaban J connectivity index is 1.60. The van der Waals surface area contributed by atoms with Gasteiger partial charge in [0.1, 0.15) is 0 Å². The topological polar surface area (TPSA) is 46.3 Å². The Labute approximate surface area is 146 Å². The van der Waals surface area contributed by atoms with E-state index in [1.807, 2.05) is 12.1 Å². The van der Waals surface area contributed by atoms with Crippen LogP contribution in [0.5, 0.6) is 11.5 Å². The van der Waals surface area contributed by atoms with Gasteiger partial charge in [0.15, 0.2) is 11.5 Å². The van der Waals surface area contributed by atoms with Crippen molar-refractivity contribution in [1.29, 1.82) is 0 Å². The van der Waals surface area contributed by atoms with Gasteiger partial charge in [-0.25, -0.2) is 0 Å². The predicted molar refractivity (Wildman–Crippen MR) is 98.3 cm³/mol. The third-order valence-corrected chi connectivity index (χ3v) is 4.47. The first-order valence-corrected chi connectivity index (χ1v) is 8.27. The summed E-state index contributed by atoms with van der Waals surface area (Å²) in [5.74, 6) is 1.33. The van der Waals surface area contributed by atoms with Crippen LogP contribution in [0.15, 0.2) is 42.6 Å². The van der Waals surface area contributed by atoms with Gasteiger partial charge in [0.05, 0.1) is 14.2 Å². The van der Waals surface area contributed by atoms with Crippen molar-refractivity contribution >= 4 is 22.5 Å². The molecule has 0 aliphatic carbocycles. The molecule has 0 bridgehead atoms. The van der Waals surface area contributed by atoms with Gasteiger partial charge in [0, 0.05) is 34.7 Å². The van der Waals surface area contributed by atoms with Gasteiger partial charge in [0.25, 0.3) is 0 Å². The predicted octanol–water partition coefficient (Wildman–Crippen LogP) is 4.17. The highest BCUT2D eigenvalue weighted by atomic mass is 35.5. The summed E-state index contributed by atoms with van der Waals surface area (Å²) in [6.07, 6.45) is 3.03. The van der Waals surface area contributed by atoms with E-state index in [0.717, 1.165) is 18.5 Å². The number of nitrogens with one attached hydrogen (secondary N) is 2. The monoisotopic (exact) mass is 344 g/mol. The molecular weight excluding hydrogens is 324 g/mol. The van der Waals surface area contributed by atoms with E-state index in [1.54, 1.807) is 20.3 Å². The molecule has 1 aromatic heterocycles.